The Kier molecular flexibility index (Phi) is 3.80. The van der Waals surface area contributed by atoms with Crippen LogP contribution in [0.5, 0.6) is 0 Å². The van der Waals surface area contributed by atoms with Crippen LogP contribution >= 0.6 is 34.4 Å². The van der Waals surface area contributed by atoms with E-state index in [4.69, 9.17) is 6.42 Å². The van der Waals surface area contributed by atoms with Gasteiger partial charge in [-0.05, 0) is 35.7 Å². The van der Waals surface area contributed by atoms with Gasteiger partial charge in [-0.1, -0.05) is 24.1 Å². The summed E-state index contributed by atoms with van der Waals surface area (Å²) in [7, 11) is 0. The highest BCUT2D eigenvalue weighted by Gasteiger charge is 2.07. The van der Waals surface area contributed by atoms with Gasteiger partial charge < -0.3 is 0 Å². The SMILES string of the molecule is C#Cc1ccc(/C=C/c2ccc(-c3cccs3)s2)c2nsnc12. The molecule has 0 bridgehead atoms. The van der Waals surface area contributed by atoms with Gasteiger partial charge in [0, 0.05) is 20.2 Å². The monoisotopic (exact) mass is 350 g/mol. The largest absolute Gasteiger partial charge is 0.172 e. The van der Waals surface area contributed by atoms with E-state index in [1.54, 1.807) is 22.7 Å². The highest BCUT2D eigenvalue weighted by Crippen LogP contribution is 2.32. The van der Waals surface area contributed by atoms with Crippen molar-refractivity contribution in [3.63, 3.8) is 0 Å². The standard InChI is InChI=1S/C18H10N2S3/c1-2-12-5-6-13(18-17(12)19-23-20-18)7-8-14-9-10-16(22-14)15-4-3-11-21-15/h1,3-11H/b8-7+. The average Bonchev–Trinajstić information content (AvgIpc) is 3.32. The first-order valence-corrected chi connectivity index (χ1v) is 9.31. The van der Waals surface area contributed by atoms with E-state index >= 15 is 0 Å². The topological polar surface area (TPSA) is 25.8 Å². The summed E-state index contributed by atoms with van der Waals surface area (Å²) >= 11 is 4.74. The molecule has 110 valence electrons. The molecule has 0 saturated heterocycles. The van der Waals surface area contributed by atoms with Crippen LogP contribution in [0.2, 0.25) is 0 Å². The zero-order valence-electron chi connectivity index (χ0n) is 11.9. The lowest BCUT2D eigenvalue weighted by molar-refractivity contribution is 1.59. The van der Waals surface area contributed by atoms with Crippen LogP contribution in [-0.4, -0.2) is 8.75 Å². The number of rotatable bonds is 3. The van der Waals surface area contributed by atoms with E-state index in [1.165, 1.54) is 26.4 Å². The number of aromatic nitrogens is 2. The molecule has 3 aromatic heterocycles. The molecule has 0 atom stereocenters. The molecule has 3 heterocycles. The number of nitrogens with zero attached hydrogens (tertiary/aromatic N) is 2. The summed E-state index contributed by atoms with van der Waals surface area (Å²) in [6.45, 7) is 0. The summed E-state index contributed by atoms with van der Waals surface area (Å²) in [5.41, 5.74) is 3.52. The molecular weight excluding hydrogens is 340 g/mol. The third-order valence-electron chi connectivity index (χ3n) is 3.42. The third kappa shape index (κ3) is 2.73. The van der Waals surface area contributed by atoms with Crippen LogP contribution < -0.4 is 0 Å². The fourth-order valence-corrected chi connectivity index (χ4v) is 4.63. The molecule has 4 aromatic rings. The van der Waals surface area contributed by atoms with Crippen LogP contribution in [0.15, 0.2) is 41.8 Å². The highest BCUT2D eigenvalue weighted by molar-refractivity contribution is 7.21. The van der Waals surface area contributed by atoms with Crippen molar-refractivity contribution in [1.82, 2.24) is 8.75 Å². The van der Waals surface area contributed by atoms with Crippen molar-refractivity contribution < 1.29 is 0 Å². The van der Waals surface area contributed by atoms with E-state index in [2.05, 4.69) is 56.5 Å². The van der Waals surface area contributed by atoms with E-state index in [-0.39, 0.29) is 0 Å². The summed E-state index contributed by atoms with van der Waals surface area (Å²) in [6, 6.07) is 12.5. The zero-order valence-corrected chi connectivity index (χ0v) is 14.3. The van der Waals surface area contributed by atoms with Crippen molar-refractivity contribution in [3.05, 3.63) is 57.8 Å². The third-order valence-corrected chi connectivity index (χ3v) is 6.06. The van der Waals surface area contributed by atoms with Gasteiger partial charge in [-0.2, -0.15) is 8.75 Å². The van der Waals surface area contributed by atoms with E-state index < -0.39 is 0 Å². The number of fused-ring (bicyclic) bond motifs is 1. The molecule has 1 aromatic carbocycles. The number of terminal acetylenes is 1. The smallest absolute Gasteiger partial charge is 0.121 e. The predicted octanol–water partition coefficient (Wildman–Crippen LogP) is 5.63. The maximum atomic E-state index is 5.51. The van der Waals surface area contributed by atoms with Crippen LogP contribution in [-0.2, 0) is 0 Å². The summed E-state index contributed by atoms with van der Waals surface area (Å²) in [5.74, 6) is 2.66. The maximum Gasteiger partial charge on any atom is 0.121 e. The Hall–Kier alpha value is -2.26. The minimum atomic E-state index is 0.794. The Morgan fingerprint density at radius 1 is 0.957 bits per heavy atom. The Morgan fingerprint density at radius 2 is 1.87 bits per heavy atom. The molecule has 0 aliphatic rings. The van der Waals surface area contributed by atoms with Crippen LogP contribution in [0.3, 0.4) is 0 Å². The second kappa shape index (κ2) is 6.09. The van der Waals surface area contributed by atoms with E-state index in [0.717, 1.165) is 22.2 Å². The lowest BCUT2D eigenvalue weighted by Crippen LogP contribution is -1.82. The van der Waals surface area contributed by atoms with Gasteiger partial charge in [-0.25, -0.2) is 0 Å². The highest BCUT2D eigenvalue weighted by atomic mass is 32.1. The van der Waals surface area contributed by atoms with Gasteiger partial charge in [0.25, 0.3) is 0 Å². The Morgan fingerprint density at radius 3 is 2.70 bits per heavy atom. The Balaban J connectivity index is 1.67. The first-order valence-electron chi connectivity index (χ1n) is 6.89. The van der Waals surface area contributed by atoms with Crippen LogP contribution in [0, 0.1) is 12.3 Å². The van der Waals surface area contributed by atoms with E-state index in [9.17, 15) is 0 Å². The quantitative estimate of drug-likeness (QED) is 0.447. The van der Waals surface area contributed by atoms with Crippen LogP contribution in [0.4, 0.5) is 0 Å². The summed E-state index contributed by atoms with van der Waals surface area (Å²) in [6.07, 6.45) is 9.70. The lowest BCUT2D eigenvalue weighted by Gasteiger charge is -1.97. The summed E-state index contributed by atoms with van der Waals surface area (Å²) in [5, 5.41) is 2.10. The molecule has 0 fully saturated rings. The zero-order chi connectivity index (χ0) is 15.6. The molecule has 0 unspecified atom stereocenters. The normalized spacial score (nSPS) is 11.3. The lowest BCUT2D eigenvalue weighted by atomic mass is 10.1. The molecule has 0 N–H and O–H groups in total. The molecule has 4 rings (SSSR count). The fourth-order valence-electron chi connectivity index (χ4n) is 2.30. The van der Waals surface area contributed by atoms with Gasteiger partial charge in [0.1, 0.15) is 11.0 Å². The van der Waals surface area contributed by atoms with E-state index in [1.807, 2.05) is 12.1 Å². The fraction of sp³-hybridized carbons (Fsp3) is 0. The second-order valence-electron chi connectivity index (χ2n) is 4.82. The van der Waals surface area contributed by atoms with Crippen molar-refractivity contribution in [1.29, 1.82) is 0 Å². The minimum absolute atomic E-state index is 0.794. The first kappa shape index (κ1) is 14.3. The molecule has 0 saturated carbocycles. The minimum Gasteiger partial charge on any atom is -0.172 e. The molecule has 0 spiro atoms. The predicted molar refractivity (Wildman–Crippen MR) is 102 cm³/mol. The molecule has 5 heteroatoms. The maximum absolute atomic E-state index is 5.51. The van der Waals surface area contributed by atoms with Crippen molar-refractivity contribution in [2.45, 2.75) is 0 Å². The van der Waals surface area contributed by atoms with Crippen LogP contribution in [0.25, 0.3) is 32.9 Å². The first-order chi connectivity index (χ1) is 11.3. The molecule has 0 aliphatic carbocycles. The van der Waals surface area contributed by atoms with Crippen molar-refractivity contribution in [3.8, 4) is 22.1 Å². The Labute approximate surface area is 146 Å². The average molecular weight is 350 g/mol. The van der Waals surface area contributed by atoms with Crippen molar-refractivity contribution >= 4 is 57.6 Å². The molecule has 23 heavy (non-hydrogen) atoms. The summed E-state index contributed by atoms with van der Waals surface area (Å²) in [4.78, 5) is 3.81. The van der Waals surface area contributed by atoms with Crippen molar-refractivity contribution in [2.75, 3.05) is 0 Å². The van der Waals surface area contributed by atoms with Gasteiger partial charge in [0.05, 0.1) is 17.3 Å². The number of hydrogen-bond acceptors (Lipinski definition) is 5. The molecule has 0 aliphatic heterocycles. The molecule has 2 nitrogen and oxygen atoms in total. The van der Waals surface area contributed by atoms with Crippen LogP contribution in [0.1, 0.15) is 16.0 Å². The van der Waals surface area contributed by atoms with Gasteiger partial charge in [-0.3, -0.25) is 0 Å². The van der Waals surface area contributed by atoms with Gasteiger partial charge >= 0.3 is 0 Å². The second-order valence-corrected chi connectivity index (χ2v) is 7.41. The molecule has 0 amide bonds. The van der Waals surface area contributed by atoms with Gasteiger partial charge in [-0.15, -0.1) is 29.1 Å². The molecular formula is C18H10N2S3. The number of hydrogen-bond donors (Lipinski definition) is 0. The summed E-state index contributed by atoms with van der Waals surface area (Å²) < 4.78 is 8.68. The Bertz CT molecular complexity index is 1030. The van der Waals surface area contributed by atoms with E-state index in [0.29, 0.717) is 0 Å². The number of benzene rings is 1. The number of thiophene rings is 2. The van der Waals surface area contributed by atoms with Gasteiger partial charge in [0.15, 0.2) is 0 Å². The van der Waals surface area contributed by atoms with Gasteiger partial charge in [0.2, 0.25) is 0 Å². The molecule has 0 radical (unpaired) electrons. The van der Waals surface area contributed by atoms with Crippen molar-refractivity contribution in [2.24, 2.45) is 0 Å².